The number of ether oxygens (including phenoxy) is 1. The van der Waals surface area contributed by atoms with Crippen molar-refractivity contribution in [1.82, 2.24) is 24.6 Å². The van der Waals surface area contributed by atoms with E-state index >= 15 is 0 Å². The smallest absolute Gasteiger partial charge is 0.410 e. The Morgan fingerprint density at radius 2 is 1.80 bits per heavy atom. The van der Waals surface area contributed by atoms with Crippen LogP contribution in [0, 0.1) is 5.92 Å². The topological polar surface area (TPSA) is 80.6 Å². The second-order valence-electron chi connectivity index (χ2n) is 8.80. The first-order chi connectivity index (χ1) is 14.2. The second kappa shape index (κ2) is 8.85. The van der Waals surface area contributed by atoms with Crippen LogP contribution in [0.15, 0.2) is 36.9 Å². The Bertz CT molecular complexity index is 850. The van der Waals surface area contributed by atoms with Crippen LogP contribution in [0.3, 0.4) is 0 Å². The Morgan fingerprint density at radius 3 is 2.33 bits per heavy atom. The molecule has 1 aliphatic rings. The Morgan fingerprint density at radius 1 is 1.17 bits per heavy atom. The van der Waals surface area contributed by atoms with Gasteiger partial charge in [0, 0.05) is 26.1 Å². The van der Waals surface area contributed by atoms with E-state index < -0.39 is 5.60 Å². The van der Waals surface area contributed by atoms with Crippen molar-refractivity contribution in [2.75, 3.05) is 20.1 Å². The molecule has 0 saturated carbocycles. The molecule has 1 saturated heterocycles. The summed E-state index contributed by atoms with van der Waals surface area (Å²) in [4.78, 5) is 32.7. The van der Waals surface area contributed by atoms with Crippen molar-refractivity contribution >= 4 is 12.0 Å². The predicted molar refractivity (Wildman–Crippen MR) is 113 cm³/mol. The van der Waals surface area contributed by atoms with Gasteiger partial charge in [-0.2, -0.15) is 5.10 Å². The molecule has 0 N–H and O–H groups in total. The number of amides is 2. The monoisotopic (exact) mass is 413 g/mol. The molecule has 2 heterocycles. The van der Waals surface area contributed by atoms with Crippen molar-refractivity contribution in [1.29, 1.82) is 0 Å². The normalized spacial score (nSPS) is 16.2. The molecular weight excluding hydrogens is 382 g/mol. The maximum Gasteiger partial charge on any atom is 0.410 e. The zero-order valence-electron chi connectivity index (χ0n) is 18.4. The minimum absolute atomic E-state index is 0.0498. The quantitative estimate of drug-likeness (QED) is 0.767. The van der Waals surface area contributed by atoms with Gasteiger partial charge in [0.1, 0.15) is 18.3 Å². The third kappa shape index (κ3) is 5.17. The van der Waals surface area contributed by atoms with E-state index in [1.54, 1.807) is 20.8 Å². The number of carbonyl (C=O) groups is 2. The molecule has 8 heteroatoms. The molecule has 2 amide bonds. The Hall–Kier alpha value is -2.90. The van der Waals surface area contributed by atoms with Crippen LogP contribution in [-0.2, 0) is 9.53 Å². The van der Waals surface area contributed by atoms with Gasteiger partial charge in [-0.1, -0.05) is 12.1 Å². The van der Waals surface area contributed by atoms with Gasteiger partial charge in [0.05, 0.1) is 11.7 Å². The zero-order valence-corrected chi connectivity index (χ0v) is 18.4. The van der Waals surface area contributed by atoms with E-state index in [4.69, 9.17) is 4.74 Å². The van der Waals surface area contributed by atoms with E-state index in [9.17, 15) is 9.59 Å². The zero-order chi connectivity index (χ0) is 21.9. The first kappa shape index (κ1) is 21.8. The van der Waals surface area contributed by atoms with Crippen LogP contribution in [0.25, 0.3) is 5.69 Å². The number of hydrogen-bond donors (Lipinski definition) is 0. The van der Waals surface area contributed by atoms with Crippen LogP contribution >= 0.6 is 0 Å². The fourth-order valence-corrected chi connectivity index (χ4v) is 3.59. The van der Waals surface area contributed by atoms with Gasteiger partial charge in [0.25, 0.3) is 0 Å². The summed E-state index contributed by atoms with van der Waals surface area (Å²) in [5.74, 6) is 0.0391. The molecule has 30 heavy (non-hydrogen) atoms. The molecule has 8 nitrogen and oxygen atoms in total. The lowest BCUT2D eigenvalue weighted by molar-refractivity contribution is -0.137. The summed E-state index contributed by atoms with van der Waals surface area (Å²) in [7, 11) is 1.85. The summed E-state index contributed by atoms with van der Waals surface area (Å²) in [6, 6.07) is 7.91. The molecule has 1 fully saturated rings. The predicted octanol–water partition coefficient (Wildman–Crippen LogP) is 3.43. The number of rotatable bonds is 4. The average molecular weight is 414 g/mol. The van der Waals surface area contributed by atoms with Crippen LogP contribution in [0.4, 0.5) is 4.79 Å². The average Bonchev–Trinajstić information content (AvgIpc) is 3.26. The van der Waals surface area contributed by atoms with E-state index in [0.717, 1.165) is 11.3 Å². The maximum absolute atomic E-state index is 13.0. The SMILES string of the molecule is C[C@@H](c1ccc(-n2cncn2)cc1)N(C)C(=O)C1CCN(C(=O)OC(C)(C)C)CC1. The van der Waals surface area contributed by atoms with Crippen LogP contribution in [0.1, 0.15) is 52.1 Å². The van der Waals surface area contributed by atoms with E-state index in [-0.39, 0.29) is 24.0 Å². The standard InChI is InChI=1S/C22H31N5O3/c1-16(17-6-8-19(9-7-17)27-15-23-14-24-27)25(5)20(28)18-10-12-26(13-11-18)21(29)30-22(2,3)4/h6-9,14-16,18H,10-13H2,1-5H3/t16-/m0/s1. The highest BCUT2D eigenvalue weighted by Gasteiger charge is 2.32. The first-order valence-electron chi connectivity index (χ1n) is 10.4. The second-order valence-corrected chi connectivity index (χ2v) is 8.80. The van der Waals surface area contributed by atoms with Gasteiger partial charge < -0.3 is 14.5 Å². The summed E-state index contributed by atoms with van der Waals surface area (Å²) in [5, 5.41) is 4.13. The lowest BCUT2D eigenvalue weighted by Crippen LogP contribution is -2.45. The molecule has 2 aromatic rings. The number of hydrogen-bond acceptors (Lipinski definition) is 5. The minimum atomic E-state index is -0.511. The lowest BCUT2D eigenvalue weighted by Gasteiger charge is -2.35. The molecule has 3 rings (SSSR count). The van der Waals surface area contributed by atoms with Crippen molar-refractivity contribution in [3.05, 3.63) is 42.5 Å². The first-order valence-corrected chi connectivity index (χ1v) is 10.4. The molecular formula is C22H31N5O3. The molecule has 0 radical (unpaired) electrons. The van der Waals surface area contributed by atoms with Gasteiger partial charge in [-0.05, 0) is 58.2 Å². The molecule has 0 aliphatic carbocycles. The number of carbonyl (C=O) groups excluding carboxylic acids is 2. The third-order valence-corrected chi connectivity index (χ3v) is 5.48. The Kier molecular flexibility index (Phi) is 6.43. The molecule has 162 valence electrons. The highest BCUT2D eigenvalue weighted by atomic mass is 16.6. The Balaban J connectivity index is 1.56. The van der Waals surface area contributed by atoms with E-state index in [1.165, 1.54) is 6.33 Å². The van der Waals surface area contributed by atoms with Gasteiger partial charge in [-0.25, -0.2) is 14.5 Å². The largest absolute Gasteiger partial charge is 0.444 e. The molecule has 1 aliphatic heterocycles. The van der Waals surface area contributed by atoms with Crippen molar-refractivity contribution < 1.29 is 14.3 Å². The van der Waals surface area contributed by atoms with Gasteiger partial charge in [-0.15, -0.1) is 0 Å². The third-order valence-electron chi connectivity index (χ3n) is 5.48. The minimum Gasteiger partial charge on any atom is -0.444 e. The Labute approximate surface area is 177 Å². The highest BCUT2D eigenvalue weighted by molar-refractivity contribution is 5.79. The van der Waals surface area contributed by atoms with Crippen LogP contribution in [0.5, 0.6) is 0 Å². The van der Waals surface area contributed by atoms with E-state index in [1.807, 2.05) is 59.0 Å². The van der Waals surface area contributed by atoms with Gasteiger partial charge in [-0.3, -0.25) is 4.79 Å². The van der Waals surface area contributed by atoms with Crippen molar-refractivity contribution in [2.45, 2.75) is 52.2 Å². The number of likely N-dealkylation sites (tertiary alicyclic amines) is 1. The van der Waals surface area contributed by atoms with Crippen molar-refractivity contribution in [2.24, 2.45) is 5.92 Å². The van der Waals surface area contributed by atoms with Gasteiger partial charge in [0.15, 0.2) is 0 Å². The number of piperidine rings is 1. The molecule has 0 bridgehead atoms. The van der Waals surface area contributed by atoms with E-state index in [2.05, 4.69) is 10.1 Å². The lowest BCUT2D eigenvalue weighted by atomic mass is 9.94. The van der Waals surface area contributed by atoms with Crippen LogP contribution in [0.2, 0.25) is 0 Å². The van der Waals surface area contributed by atoms with Crippen molar-refractivity contribution in [3.63, 3.8) is 0 Å². The van der Waals surface area contributed by atoms with Gasteiger partial charge >= 0.3 is 6.09 Å². The maximum atomic E-state index is 13.0. The van der Waals surface area contributed by atoms with E-state index in [0.29, 0.717) is 25.9 Å². The molecule has 1 aromatic heterocycles. The van der Waals surface area contributed by atoms with Gasteiger partial charge in [0.2, 0.25) is 5.91 Å². The number of benzene rings is 1. The molecule has 1 atom stereocenters. The summed E-state index contributed by atoms with van der Waals surface area (Å²) >= 11 is 0. The molecule has 0 unspecified atom stereocenters. The highest BCUT2D eigenvalue weighted by Crippen LogP contribution is 2.26. The fraction of sp³-hybridized carbons (Fsp3) is 0.545. The summed E-state index contributed by atoms with van der Waals surface area (Å²) in [6.07, 6.45) is 4.15. The van der Waals surface area contributed by atoms with Crippen LogP contribution in [-0.4, -0.2) is 62.3 Å². The molecule has 0 spiro atoms. The molecule has 1 aromatic carbocycles. The van der Waals surface area contributed by atoms with Crippen LogP contribution < -0.4 is 0 Å². The summed E-state index contributed by atoms with van der Waals surface area (Å²) in [5.41, 5.74) is 1.47. The fourth-order valence-electron chi connectivity index (χ4n) is 3.59. The number of aromatic nitrogens is 3. The number of nitrogens with zero attached hydrogens (tertiary/aromatic N) is 5. The summed E-state index contributed by atoms with van der Waals surface area (Å²) < 4.78 is 7.13. The van der Waals surface area contributed by atoms with Crippen molar-refractivity contribution in [3.8, 4) is 5.69 Å². The summed E-state index contributed by atoms with van der Waals surface area (Å²) in [6.45, 7) is 8.68.